The van der Waals surface area contributed by atoms with Gasteiger partial charge in [0.05, 0.1) is 12.1 Å². The molecule has 2 rings (SSSR count). The lowest BCUT2D eigenvalue weighted by Crippen LogP contribution is -2.33. The van der Waals surface area contributed by atoms with Crippen LogP contribution in [0.25, 0.3) is 0 Å². The highest BCUT2D eigenvalue weighted by molar-refractivity contribution is 5.36. The van der Waals surface area contributed by atoms with Crippen LogP contribution in [-0.4, -0.2) is 11.2 Å². The van der Waals surface area contributed by atoms with Crippen molar-refractivity contribution in [1.29, 1.82) is 0 Å². The lowest BCUT2D eigenvalue weighted by molar-refractivity contribution is 0.0841. The molecule has 1 saturated carbocycles. The van der Waals surface area contributed by atoms with E-state index >= 15 is 0 Å². The Hall–Kier alpha value is -0.860. The standard InChI is InChI=1S/C15H23NO/c1-10-6-5-7-11(2)13(10)14(16)15(17)12-8-3-4-9-12/h5-7,12,14-15,17H,3-4,8-9,16H2,1-2H3/t14-,15+/m1/s1. The maximum Gasteiger partial charge on any atom is 0.0761 e. The van der Waals surface area contributed by atoms with Gasteiger partial charge in [0.25, 0.3) is 0 Å². The summed E-state index contributed by atoms with van der Waals surface area (Å²) in [5.74, 6) is 0.393. The molecule has 2 nitrogen and oxygen atoms in total. The van der Waals surface area contributed by atoms with Crippen LogP contribution in [0.3, 0.4) is 0 Å². The van der Waals surface area contributed by atoms with Crippen molar-refractivity contribution in [3.8, 4) is 0 Å². The number of benzene rings is 1. The molecule has 0 saturated heterocycles. The summed E-state index contributed by atoms with van der Waals surface area (Å²) < 4.78 is 0. The average molecular weight is 233 g/mol. The minimum Gasteiger partial charge on any atom is -0.391 e. The summed E-state index contributed by atoms with van der Waals surface area (Å²) in [6, 6.07) is 5.95. The maximum atomic E-state index is 10.4. The SMILES string of the molecule is Cc1cccc(C)c1[C@@H](N)[C@@H](O)C1CCCC1. The van der Waals surface area contributed by atoms with Crippen molar-refractivity contribution >= 4 is 0 Å². The van der Waals surface area contributed by atoms with Crippen LogP contribution in [0.2, 0.25) is 0 Å². The Morgan fingerprint density at radius 1 is 1.18 bits per heavy atom. The number of rotatable bonds is 3. The van der Waals surface area contributed by atoms with E-state index in [1.165, 1.54) is 24.0 Å². The summed E-state index contributed by atoms with van der Waals surface area (Å²) >= 11 is 0. The van der Waals surface area contributed by atoms with E-state index in [-0.39, 0.29) is 6.04 Å². The monoisotopic (exact) mass is 233 g/mol. The lowest BCUT2D eigenvalue weighted by Gasteiger charge is -2.27. The molecule has 0 aliphatic heterocycles. The molecule has 2 atom stereocenters. The summed E-state index contributed by atoms with van der Waals surface area (Å²) in [6.07, 6.45) is 4.33. The Kier molecular flexibility index (Phi) is 3.85. The number of aliphatic hydroxyl groups excluding tert-OH is 1. The molecule has 3 N–H and O–H groups in total. The minimum atomic E-state index is -0.391. The third-order valence-electron chi connectivity index (χ3n) is 4.13. The Morgan fingerprint density at radius 2 is 1.71 bits per heavy atom. The zero-order valence-electron chi connectivity index (χ0n) is 10.8. The van der Waals surface area contributed by atoms with Crippen molar-refractivity contribution in [2.75, 3.05) is 0 Å². The molecule has 0 heterocycles. The van der Waals surface area contributed by atoms with E-state index in [0.29, 0.717) is 5.92 Å². The number of aliphatic hydroxyl groups is 1. The van der Waals surface area contributed by atoms with E-state index in [2.05, 4.69) is 26.0 Å². The second kappa shape index (κ2) is 5.19. The highest BCUT2D eigenvalue weighted by atomic mass is 16.3. The zero-order valence-corrected chi connectivity index (χ0v) is 10.8. The van der Waals surface area contributed by atoms with Gasteiger partial charge in [-0.15, -0.1) is 0 Å². The first-order valence-electron chi connectivity index (χ1n) is 6.61. The van der Waals surface area contributed by atoms with Gasteiger partial charge in [-0.2, -0.15) is 0 Å². The van der Waals surface area contributed by atoms with Gasteiger partial charge in [-0.25, -0.2) is 0 Å². The Morgan fingerprint density at radius 3 is 2.24 bits per heavy atom. The van der Waals surface area contributed by atoms with Crippen LogP contribution in [0.1, 0.15) is 48.4 Å². The number of aryl methyl sites for hydroxylation is 2. The third-order valence-corrected chi connectivity index (χ3v) is 4.13. The average Bonchev–Trinajstić information content (AvgIpc) is 2.81. The van der Waals surface area contributed by atoms with Gasteiger partial charge in [-0.3, -0.25) is 0 Å². The van der Waals surface area contributed by atoms with Crippen LogP contribution in [0, 0.1) is 19.8 Å². The van der Waals surface area contributed by atoms with Crippen LogP contribution in [-0.2, 0) is 0 Å². The minimum absolute atomic E-state index is 0.237. The van der Waals surface area contributed by atoms with Crippen molar-refractivity contribution in [2.45, 2.75) is 51.7 Å². The fraction of sp³-hybridized carbons (Fsp3) is 0.600. The zero-order chi connectivity index (χ0) is 12.4. The second-order valence-corrected chi connectivity index (χ2v) is 5.37. The normalized spacial score (nSPS) is 20.5. The molecule has 1 fully saturated rings. The fourth-order valence-corrected chi connectivity index (χ4v) is 3.12. The van der Waals surface area contributed by atoms with E-state index in [1.54, 1.807) is 0 Å². The van der Waals surface area contributed by atoms with E-state index < -0.39 is 6.10 Å². The highest BCUT2D eigenvalue weighted by Gasteiger charge is 2.29. The van der Waals surface area contributed by atoms with Crippen molar-refractivity contribution < 1.29 is 5.11 Å². The Bertz CT molecular complexity index is 362. The van der Waals surface area contributed by atoms with Gasteiger partial charge in [-0.1, -0.05) is 31.0 Å². The van der Waals surface area contributed by atoms with Crippen LogP contribution in [0.15, 0.2) is 18.2 Å². The van der Waals surface area contributed by atoms with Crippen LogP contribution in [0.4, 0.5) is 0 Å². The van der Waals surface area contributed by atoms with Crippen LogP contribution >= 0.6 is 0 Å². The summed E-state index contributed by atoms with van der Waals surface area (Å²) in [7, 11) is 0. The van der Waals surface area contributed by atoms with Gasteiger partial charge in [0.2, 0.25) is 0 Å². The second-order valence-electron chi connectivity index (χ2n) is 5.37. The summed E-state index contributed by atoms with van der Waals surface area (Å²) in [4.78, 5) is 0. The molecule has 0 radical (unpaired) electrons. The van der Waals surface area contributed by atoms with Gasteiger partial charge in [0.15, 0.2) is 0 Å². The number of hydrogen-bond acceptors (Lipinski definition) is 2. The van der Waals surface area contributed by atoms with Crippen molar-refractivity contribution in [1.82, 2.24) is 0 Å². The topological polar surface area (TPSA) is 46.2 Å². The predicted molar refractivity (Wildman–Crippen MR) is 70.8 cm³/mol. The van der Waals surface area contributed by atoms with Crippen LogP contribution < -0.4 is 5.73 Å². The molecule has 0 bridgehead atoms. The van der Waals surface area contributed by atoms with E-state index in [4.69, 9.17) is 5.73 Å². The van der Waals surface area contributed by atoms with Gasteiger partial charge in [0, 0.05) is 0 Å². The molecule has 1 aliphatic carbocycles. The molecule has 1 aliphatic rings. The van der Waals surface area contributed by atoms with Crippen molar-refractivity contribution in [3.05, 3.63) is 34.9 Å². The summed E-state index contributed by atoms with van der Waals surface area (Å²) in [5, 5.41) is 10.4. The first kappa shape index (κ1) is 12.6. The highest BCUT2D eigenvalue weighted by Crippen LogP contribution is 2.34. The smallest absolute Gasteiger partial charge is 0.0761 e. The van der Waals surface area contributed by atoms with Gasteiger partial charge >= 0.3 is 0 Å². The third kappa shape index (κ3) is 2.53. The molecule has 2 heteroatoms. The number of nitrogens with two attached hydrogens (primary N) is 1. The van der Waals surface area contributed by atoms with Gasteiger partial charge < -0.3 is 10.8 Å². The van der Waals surface area contributed by atoms with Crippen LogP contribution in [0.5, 0.6) is 0 Å². The van der Waals surface area contributed by atoms with Crippen molar-refractivity contribution in [3.63, 3.8) is 0 Å². The van der Waals surface area contributed by atoms with Gasteiger partial charge in [0.1, 0.15) is 0 Å². The molecule has 17 heavy (non-hydrogen) atoms. The quantitative estimate of drug-likeness (QED) is 0.843. The first-order valence-corrected chi connectivity index (χ1v) is 6.61. The van der Waals surface area contributed by atoms with Gasteiger partial charge in [-0.05, 0) is 49.3 Å². The molecule has 0 aromatic heterocycles. The molecule has 0 amide bonds. The lowest BCUT2D eigenvalue weighted by atomic mass is 9.87. The van der Waals surface area contributed by atoms with E-state index in [9.17, 15) is 5.11 Å². The summed E-state index contributed by atoms with van der Waals surface area (Å²) in [5.41, 5.74) is 9.78. The molecule has 0 spiro atoms. The Balaban J connectivity index is 2.20. The molecule has 94 valence electrons. The summed E-state index contributed by atoms with van der Waals surface area (Å²) in [6.45, 7) is 4.15. The first-order chi connectivity index (χ1) is 8.11. The van der Waals surface area contributed by atoms with Crippen molar-refractivity contribution in [2.24, 2.45) is 11.7 Å². The maximum absolute atomic E-state index is 10.4. The molecular weight excluding hydrogens is 210 g/mol. The van der Waals surface area contributed by atoms with E-state index in [0.717, 1.165) is 18.4 Å². The molecule has 0 unspecified atom stereocenters. The molecular formula is C15H23NO. The van der Waals surface area contributed by atoms with E-state index in [1.807, 2.05) is 6.07 Å². The Labute approximate surface area is 104 Å². The molecule has 1 aromatic carbocycles. The fourth-order valence-electron chi connectivity index (χ4n) is 3.12. The number of hydrogen-bond donors (Lipinski definition) is 2. The predicted octanol–water partition coefficient (Wildman–Crippen LogP) is 2.85. The largest absolute Gasteiger partial charge is 0.391 e. The molecule has 1 aromatic rings.